The van der Waals surface area contributed by atoms with Crippen LogP contribution < -0.4 is 10.4 Å². The van der Waals surface area contributed by atoms with Crippen LogP contribution in [0.4, 0.5) is 27.9 Å². The van der Waals surface area contributed by atoms with E-state index in [4.69, 9.17) is 7.85 Å². The summed E-state index contributed by atoms with van der Waals surface area (Å²) >= 11 is 0. The normalized spacial score (nSPS) is 17.8. The van der Waals surface area contributed by atoms with Crippen molar-refractivity contribution in [1.82, 2.24) is 14.4 Å². The second kappa shape index (κ2) is 5.80. The van der Waals surface area contributed by atoms with Gasteiger partial charge in [0, 0.05) is 37.5 Å². The molecule has 1 fully saturated rings. The zero-order valence-electron chi connectivity index (χ0n) is 14.3. The highest BCUT2D eigenvalue weighted by Gasteiger charge is 2.37. The molecule has 2 radical (unpaired) electrons. The van der Waals surface area contributed by atoms with E-state index in [1.165, 1.54) is 4.40 Å². The van der Waals surface area contributed by atoms with Crippen LogP contribution in [-0.4, -0.2) is 41.2 Å². The topological polar surface area (TPSA) is 33.4 Å². The smallest absolute Gasteiger partial charge is 0.341 e. The van der Waals surface area contributed by atoms with E-state index in [9.17, 15) is 22.0 Å². The predicted octanol–water partition coefficient (Wildman–Crippen LogP) is 3.24. The molecule has 1 aliphatic heterocycles. The first kappa shape index (κ1) is 18.0. The van der Waals surface area contributed by atoms with Crippen LogP contribution in [0.5, 0.6) is 0 Å². The van der Waals surface area contributed by atoms with Gasteiger partial charge in [0.05, 0.1) is 5.52 Å². The van der Waals surface area contributed by atoms with Crippen molar-refractivity contribution < 1.29 is 22.0 Å². The molecule has 140 valence electrons. The number of fused-ring (bicyclic) bond motifs is 3. The molecule has 1 aliphatic rings. The second-order valence-electron chi connectivity index (χ2n) is 6.82. The van der Waals surface area contributed by atoms with E-state index in [0.717, 1.165) is 11.8 Å². The van der Waals surface area contributed by atoms with Crippen LogP contribution in [0.2, 0.25) is 0 Å². The van der Waals surface area contributed by atoms with Gasteiger partial charge in [-0.05, 0) is 13.0 Å². The molecule has 0 bridgehead atoms. The Labute approximate surface area is 152 Å². The van der Waals surface area contributed by atoms with E-state index in [2.05, 4.69) is 9.97 Å². The Morgan fingerprint density at radius 1 is 1.11 bits per heavy atom. The van der Waals surface area contributed by atoms with Gasteiger partial charge in [-0.3, -0.25) is 4.40 Å². The Hall–Kier alpha value is -2.39. The summed E-state index contributed by atoms with van der Waals surface area (Å²) in [5, 5.41) is 0.383. The summed E-state index contributed by atoms with van der Waals surface area (Å²) in [6.07, 6.45) is -4.57. The molecule has 0 aliphatic carbocycles. The highest BCUT2D eigenvalue weighted by molar-refractivity contribution is 6.38. The number of aryl methyl sites for hydroxylation is 1. The van der Waals surface area contributed by atoms with Crippen LogP contribution in [0.1, 0.15) is 24.1 Å². The fourth-order valence-electron chi connectivity index (χ4n) is 3.37. The van der Waals surface area contributed by atoms with Crippen molar-refractivity contribution in [3.63, 3.8) is 0 Å². The maximum absolute atomic E-state index is 13.5. The maximum Gasteiger partial charge on any atom is 0.434 e. The summed E-state index contributed by atoms with van der Waals surface area (Å²) in [4.78, 5) is 9.72. The van der Waals surface area contributed by atoms with Gasteiger partial charge in [0.1, 0.15) is 13.5 Å². The molecule has 1 aromatic carbocycles. The van der Waals surface area contributed by atoms with Gasteiger partial charge < -0.3 is 4.90 Å². The van der Waals surface area contributed by atoms with Crippen molar-refractivity contribution in [3.8, 4) is 0 Å². The van der Waals surface area contributed by atoms with Gasteiger partial charge in [-0.2, -0.15) is 13.2 Å². The molecule has 2 aromatic heterocycles. The van der Waals surface area contributed by atoms with Gasteiger partial charge >= 0.3 is 6.18 Å². The average Bonchev–Trinajstić information content (AvgIpc) is 3.00. The number of rotatable bonds is 1. The molecule has 0 atom stereocenters. The van der Waals surface area contributed by atoms with Gasteiger partial charge in [0.25, 0.3) is 5.92 Å². The third-order valence-corrected chi connectivity index (χ3v) is 4.73. The van der Waals surface area contributed by atoms with E-state index in [-0.39, 0.29) is 24.7 Å². The number of piperidine rings is 1. The lowest BCUT2D eigenvalue weighted by Gasteiger charge is -2.32. The molecule has 0 spiro atoms. The van der Waals surface area contributed by atoms with Crippen molar-refractivity contribution in [1.29, 1.82) is 0 Å². The predicted molar refractivity (Wildman–Crippen MR) is 92.0 cm³/mol. The Morgan fingerprint density at radius 2 is 1.78 bits per heavy atom. The van der Waals surface area contributed by atoms with Gasteiger partial charge in [-0.1, -0.05) is 17.1 Å². The molecule has 0 saturated carbocycles. The third kappa shape index (κ3) is 3.10. The number of benzene rings is 1. The zero-order chi connectivity index (χ0) is 19.6. The van der Waals surface area contributed by atoms with Crippen molar-refractivity contribution >= 4 is 35.8 Å². The van der Waals surface area contributed by atoms with Crippen LogP contribution in [-0.2, 0) is 6.18 Å². The molecular weight excluding hydrogens is 366 g/mol. The average molecular weight is 380 g/mol. The fraction of sp³-hybridized carbons (Fsp3) is 0.412. The zero-order valence-corrected chi connectivity index (χ0v) is 14.3. The van der Waals surface area contributed by atoms with Crippen LogP contribution in [0.25, 0.3) is 16.6 Å². The molecule has 1 saturated heterocycles. The number of anilines is 1. The number of hydrogen-bond acceptors (Lipinski definition) is 3. The second-order valence-corrected chi connectivity index (χ2v) is 6.82. The molecular formula is C17H14BF5N4. The first-order valence-electron chi connectivity index (χ1n) is 8.34. The van der Waals surface area contributed by atoms with Gasteiger partial charge in [-0.25, -0.2) is 18.7 Å². The Balaban J connectivity index is 1.98. The molecule has 3 aromatic rings. The molecule has 0 unspecified atom stereocenters. The van der Waals surface area contributed by atoms with Gasteiger partial charge in [0.15, 0.2) is 5.69 Å². The summed E-state index contributed by atoms with van der Waals surface area (Å²) in [5.41, 5.74) is 0.341. The minimum atomic E-state index is -4.64. The van der Waals surface area contributed by atoms with Crippen molar-refractivity contribution in [2.75, 3.05) is 18.0 Å². The van der Waals surface area contributed by atoms with Crippen LogP contribution >= 0.6 is 0 Å². The highest BCUT2D eigenvalue weighted by Crippen LogP contribution is 2.34. The van der Waals surface area contributed by atoms with Gasteiger partial charge in [-0.15, -0.1) is 0 Å². The molecule has 0 amide bonds. The summed E-state index contributed by atoms with van der Waals surface area (Å²) < 4.78 is 67.9. The van der Waals surface area contributed by atoms with E-state index in [1.807, 2.05) is 0 Å². The monoisotopic (exact) mass is 380 g/mol. The Kier molecular flexibility index (Phi) is 3.87. The number of alkyl halides is 5. The first-order chi connectivity index (χ1) is 12.5. The Morgan fingerprint density at radius 3 is 2.41 bits per heavy atom. The highest BCUT2D eigenvalue weighted by atomic mass is 19.4. The first-order valence-corrected chi connectivity index (χ1v) is 8.34. The summed E-state index contributed by atoms with van der Waals surface area (Å²) in [5.74, 6) is -2.65. The molecule has 4 nitrogen and oxygen atoms in total. The quantitative estimate of drug-likeness (QED) is 0.480. The summed E-state index contributed by atoms with van der Waals surface area (Å²) in [7, 11) is 6.02. The van der Waals surface area contributed by atoms with E-state index < -0.39 is 30.6 Å². The maximum atomic E-state index is 13.5. The minimum Gasteiger partial charge on any atom is -0.341 e. The number of nitrogens with zero attached hydrogens (tertiary/aromatic N) is 4. The number of hydrogen-bond donors (Lipinski definition) is 0. The molecule has 10 heteroatoms. The fourth-order valence-corrected chi connectivity index (χ4v) is 3.37. The minimum absolute atomic E-state index is 0.0219. The lowest BCUT2D eigenvalue weighted by Crippen LogP contribution is -2.40. The number of aromatic nitrogens is 3. The largest absolute Gasteiger partial charge is 0.434 e. The molecule has 4 rings (SSSR count). The van der Waals surface area contributed by atoms with E-state index in [1.54, 1.807) is 24.0 Å². The Bertz CT molecular complexity index is 1030. The lowest BCUT2D eigenvalue weighted by atomic mass is 9.91. The molecule has 0 N–H and O–H groups in total. The van der Waals surface area contributed by atoms with Crippen LogP contribution in [0.15, 0.2) is 18.3 Å². The van der Waals surface area contributed by atoms with Crippen molar-refractivity contribution in [3.05, 3.63) is 29.6 Å². The number of halogens is 5. The molecule has 27 heavy (non-hydrogen) atoms. The standard InChI is InChI=1S/C17H14BF5N4/c1-9-6-10-13(11(18)7-9)25-15(26-4-2-16(19,20)3-5-26)27-8-12(17(21,22)23)24-14(10)27/h6-8H,2-5H2,1H3. The van der Waals surface area contributed by atoms with Crippen molar-refractivity contribution in [2.45, 2.75) is 31.9 Å². The van der Waals surface area contributed by atoms with Gasteiger partial charge in [0.2, 0.25) is 5.95 Å². The van der Waals surface area contributed by atoms with E-state index in [0.29, 0.717) is 16.4 Å². The van der Waals surface area contributed by atoms with Crippen molar-refractivity contribution in [2.24, 2.45) is 0 Å². The lowest BCUT2D eigenvalue weighted by molar-refractivity contribution is -0.140. The SMILES string of the molecule is [B]c1cc(C)cc2c1nc(N1CCC(F)(F)CC1)n1cc(C(F)(F)F)nc21. The number of imidazole rings is 1. The summed E-state index contributed by atoms with van der Waals surface area (Å²) in [6.45, 7) is 1.72. The summed E-state index contributed by atoms with van der Waals surface area (Å²) in [6, 6.07) is 3.32. The van der Waals surface area contributed by atoms with E-state index >= 15 is 0 Å². The van der Waals surface area contributed by atoms with Crippen LogP contribution in [0, 0.1) is 6.92 Å². The third-order valence-electron chi connectivity index (χ3n) is 4.73. The van der Waals surface area contributed by atoms with Crippen LogP contribution in [0.3, 0.4) is 0 Å². The molecule has 3 heterocycles.